The number of amides is 1. The molecule has 0 aromatic rings. The SMILES string of the molecule is CCC1NC(C)C(C)NC1=O. The van der Waals surface area contributed by atoms with Gasteiger partial charge in [-0.25, -0.2) is 0 Å². The molecule has 1 rings (SSSR count). The van der Waals surface area contributed by atoms with Gasteiger partial charge in [-0.2, -0.15) is 0 Å². The van der Waals surface area contributed by atoms with Crippen molar-refractivity contribution in [2.24, 2.45) is 0 Å². The Morgan fingerprint density at radius 1 is 1.36 bits per heavy atom. The molecule has 1 amide bonds. The van der Waals surface area contributed by atoms with Crippen LogP contribution in [0.1, 0.15) is 27.2 Å². The summed E-state index contributed by atoms with van der Waals surface area (Å²) in [5.74, 6) is 0.137. The van der Waals surface area contributed by atoms with Gasteiger partial charge in [-0.1, -0.05) is 6.92 Å². The van der Waals surface area contributed by atoms with Gasteiger partial charge in [0.05, 0.1) is 6.04 Å². The maximum atomic E-state index is 11.2. The van der Waals surface area contributed by atoms with Crippen LogP contribution in [0.15, 0.2) is 0 Å². The van der Waals surface area contributed by atoms with Gasteiger partial charge in [0.1, 0.15) is 0 Å². The Morgan fingerprint density at radius 2 is 2.00 bits per heavy atom. The lowest BCUT2D eigenvalue weighted by atomic mass is 10.0. The molecule has 1 aliphatic rings. The third-order valence-corrected chi connectivity index (χ3v) is 2.31. The van der Waals surface area contributed by atoms with E-state index in [1.807, 2.05) is 13.8 Å². The molecule has 1 saturated heterocycles. The molecule has 0 aromatic heterocycles. The van der Waals surface area contributed by atoms with Crippen LogP contribution >= 0.6 is 0 Å². The van der Waals surface area contributed by atoms with E-state index in [2.05, 4.69) is 17.6 Å². The van der Waals surface area contributed by atoms with E-state index in [4.69, 9.17) is 0 Å². The van der Waals surface area contributed by atoms with Gasteiger partial charge >= 0.3 is 0 Å². The van der Waals surface area contributed by atoms with E-state index < -0.39 is 0 Å². The highest BCUT2D eigenvalue weighted by molar-refractivity contribution is 5.82. The van der Waals surface area contributed by atoms with Gasteiger partial charge in [0.25, 0.3) is 0 Å². The summed E-state index contributed by atoms with van der Waals surface area (Å²) in [6.07, 6.45) is 0.864. The molecular formula is C8H16N2O. The first-order chi connectivity index (χ1) is 5.15. The van der Waals surface area contributed by atoms with E-state index in [0.717, 1.165) is 6.42 Å². The Labute approximate surface area is 67.5 Å². The molecule has 0 aromatic carbocycles. The molecule has 0 radical (unpaired) electrons. The van der Waals surface area contributed by atoms with Crippen LogP contribution in [-0.4, -0.2) is 24.0 Å². The summed E-state index contributed by atoms with van der Waals surface area (Å²) < 4.78 is 0. The van der Waals surface area contributed by atoms with Crippen molar-refractivity contribution >= 4 is 5.91 Å². The molecule has 64 valence electrons. The summed E-state index contributed by atoms with van der Waals surface area (Å²) in [4.78, 5) is 11.2. The summed E-state index contributed by atoms with van der Waals surface area (Å²) >= 11 is 0. The third-order valence-electron chi connectivity index (χ3n) is 2.31. The first-order valence-electron chi connectivity index (χ1n) is 4.21. The molecule has 3 atom stereocenters. The van der Waals surface area contributed by atoms with Crippen LogP contribution in [0.25, 0.3) is 0 Å². The number of carbonyl (C=O) groups excluding carboxylic acids is 1. The summed E-state index contributed by atoms with van der Waals surface area (Å²) in [6.45, 7) is 6.12. The van der Waals surface area contributed by atoms with Crippen molar-refractivity contribution < 1.29 is 4.79 Å². The molecule has 11 heavy (non-hydrogen) atoms. The predicted octanol–water partition coefficient (Wildman–Crippen LogP) is 0.261. The highest BCUT2D eigenvalue weighted by atomic mass is 16.2. The summed E-state index contributed by atoms with van der Waals surface area (Å²) in [5.41, 5.74) is 0. The van der Waals surface area contributed by atoms with Crippen LogP contribution in [0.2, 0.25) is 0 Å². The number of nitrogens with one attached hydrogen (secondary N) is 2. The Hall–Kier alpha value is -0.570. The van der Waals surface area contributed by atoms with Gasteiger partial charge in [-0.15, -0.1) is 0 Å². The minimum Gasteiger partial charge on any atom is -0.351 e. The van der Waals surface area contributed by atoms with Crippen LogP contribution in [0, 0.1) is 0 Å². The van der Waals surface area contributed by atoms with Gasteiger partial charge in [0, 0.05) is 12.1 Å². The average Bonchev–Trinajstić information content (AvgIpc) is 1.97. The highest BCUT2D eigenvalue weighted by Crippen LogP contribution is 2.04. The molecule has 1 fully saturated rings. The smallest absolute Gasteiger partial charge is 0.237 e. The number of carbonyl (C=O) groups is 1. The fraction of sp³-hybridized carbons (Fsp3) is 0.875. The van der Waals surface area contributed by atoms with E-state index >= 15 is 0 Å². The van der Waals surface area contributed by atoms with Gasteiger partial charge in [-0.05, 0) is 20.3 Å². The third kappa shape index (κ3) is 1.71. The Kier molecular flexibility index (Phi) is 2.49. The Balaban J connectivity index is 2.55. The van der Waals surface area contributed by atoms with Crippen molar-refractivity contribution in [1.29, 1.82) is 0 Å². The molecule has 0 spiro atoms. The molecule has 0 saturated carbocycles. The molecule has 2 N–H and O–H groups in total. The molecule has 0 bridgehead atoms. The predicted molar refractivity (Wildman–Crippen MR) is 44.3 cm³/mol. The monoisotopic (exact) mass is 156 g/mol. The zero-order chi connectivity index (χ0) is 8.43. The zero-order valence-corrected chi connectivity index (χ0v) is 7.35. The standard InChI is InChI=1S/C8H16N2O/c1-4-7-8(11)10-6(3)5(2)9-7/h5-7,9H,4H2,1-3H3,(H,10,11). The van der Waals surface area contributed by atoms with Gasteiger partial charge < -0.3 is 10.6 Å². The van der Waals surface area contributed by atoms with Gasteiger partial charge in [0.2, 0.25) is 5.91 Å². The van der Waals surface area contributed by atoms with Crippen molar-refractivity contribution in [1.82, 2.24) is 10.6 Å². The summed E-state index contributed by atoms with van der Waals surface area (Å²) in [5, 5.41) is 6.18. The second-order valence-electron chi connectivity index (χ2n) is 3.21. The van der Waals surface area contributed by atoms with Crippen molar-refractivity contribution in [3.63, 3.8) is 0 Å². The average molecular weight is 156 g/mol. The van der Waals surface area contributed by atoms with Crippen molar-refractivity contribution in [3.8, 4) is 0 Å². The van der Waals surface area contributed by atoms with Crippen LogP contribution in [0.4, 0.5) is 0 Å². The largest absolute Gasteiger partial charge is 0.351 e. The van der Waals surface area contributed by atoms with E-state index in [-0.39, 0.29) is 18.0 Å². The van der Waals surface area contributed by atoms with E-state index in [0.29, 0.717) is 6.04 Å². The van der Waals surface area contributed by atoms with Crippen LogP contribution in [-0.2, 0) is 4.79 Å². The second kappa shape index (κ2) is 3.22. The van der Waals surface area contributed by atoms with E-state index in [9.17, 15) is 4.79 Å². The first kappa shape index (κ1) is 8.53. The fourth-order valence-corrected chi connectivity index (χ4v) is 1.29. The van der Waals surface area contributed by atoms with Crippen molar-refractivity contribution in [2.45, 2.75) is 45.3 Å². The Morgan fingerprint density at radius 3 is 2.55 bits per heavy atom. The molecule has 1 aliphatic heterocycles. The number of piperazine rings is 1. The quantitative estimate of drug-likeness (QED) is 0.572. The van der Waals surface area contributed by atoms with Gasteiger partial charge in [0.15, 0.2) is 0 Å². The van der Waals surface area contributed by atoms with Crippen LogP contribution < -0.4 is 10.6 Å². The zero-order valence-electron chi connectivity index (χ0n) is 7.35. The minimum atomic E-state index is 0.0150. The number of hydrogen-bond donors (Lipinski definition) is 2. The number of hydrogen-bond acceptors (Lipinski definition) is 2. The molecule has 0 aliphatic carbocycles. The summed E-state index contributed by atoms with van der Waals surface area (Å²) in [7, 11) is 0. The van der Waals surface area contributed by atoms with Gasteiger partial charge in [-0.3, -0.25) is 4.79 Å². The molecule has 3 unspecified atom stereocenters. The summed E-state index contributed by atoms with van der Waals surface area (Å²) in [6, 6.07) is 0.657. The maximum Gasteiger partial charge on any atom is 0.237 e. The lowest BCUT2D eigenvalue weighted by molar-refractivity contribution is -0.126. The van der Waals surface area contributed by atoms with Crippen molar-refractivity contribution in [2.75, 3.05) is 0 Å². The minimum absolute atomic E-state index is 0.0150. The van der Waals surface area contributed by atoms with Crippen LogP contribution in [0.3, 0.4) is 0 Å². The molecule has 3 heteroatoms. The second-order valence-corrected chi connectivity index (χ2v) is 3.21. The fourth-order valence-electron chi connectivity index (χ4n) is 1.29. The molecule has 3 nitrogen and oxygen atoms in total. The normalized spacial score (nSPS) is 38.5. The lowest BCUT2D eigenvalue weighted by Crippen LogP contribution is -2.61. The first-order valence-corrected chi connectivity index (χ1v) is 4.21. The lowest BCUT2D eigenvalue weighted by Gasteiger charge is -2.33. The molecular weight excluding hydrogens is 140 g/mol. The van der Waals surface area contributed by atoms with Crippen molar-refractivity contribution in [3.05, 3.63) is 0 Å². The van der Waals surface area contributed by atoms with E-state index in [1.165, 1.54) is 0 Å². The Bertz CT molecular complexity index is 158. The van der Waals surface area contributed by atoms with E-state index in [1.54, 1.807) is 0 Å². The maximum absolute atomic E-state index is 11.2. The highest BCUT2D eigenvalue weighted by Gasteiger charge is 2.28. The topological polar surface area (TPSA) is 41.1 Å². The van der Waals surface area contributed by atoms with Crippen LogP contribution in [0.5, 0.6) is 0 Å². The number of rotatable bonds is 1. The molecule has 1 heterocycles.